The van der Waals surface area contributed by atoms with Crippen LogP contribution >= 0.6 is 0 Å². The van der Waals surface area contributed by atoms with Crippen molar-refractivity contribution in [2.45, 2.75) is 0 Å². The van der Waals surface area contributed by atoms with Crippen molar-refractivity contribution in [3.8, 4) is 28.5 Å². The molecule has 0 radical (unpaired) electrons. The van der Waals surface area contributed by atoms with Gasteiger partial charge < -0.3 is 4.42 Å². The van der Waals surface area contributed by atoms with E-state index in [1.165, 1.54) is 21.9 Å². The molecule has 8 rings (SSSR count). The molecule has 0 amide bonds. The van der Waals surface area contributed by atoms with Crippen molar-refractivity contribution in [3.05, 3.63) is 219 Å². The largest absolute Gasteiger partial charge is 0.397 e. The predicted octanol–water partition coefficient (Wildman–Crippen LogP) is 7.95. The highest BCUT2D eigenvalue weighted by atomic mass is 16.4. The Morgan fingerprint density at radius 1 is 0.333 bits per heavy atom. The van der Waals surface area contributed by atoms with Gasteiger partial charge in [0.2, 0.25) is 17.6 Å². The number of hydrogen-bond acceptors (Lipinski definition) is 1. The summed E-state index contributed by atoms with van der Waals surface area (Å²) in [6.07, 6.45) is 0.833. The Morgan fingerprint density at radius 3 is 1.02 bits per heavy atom. The highest BCUT2D eigenvalue weighted by Gasteiger charge is 2.31. The topological polar surface area (TPSA) is 17.0 Å². The van der Waals surface area contributed by atoms with Gasteiger partial charge in [0, 0.05) is 17.7 Å². The first-order valence-electron chi connectivity index (χ1n) is 16.4. The number of hydrogen-bond donors (Lipinski definition) is 0. The Morgan fingerprint density at radius 2 is 0.646 bits per heavy atom. The number of rotatable bonds is 7. The van der Waals surface area contributed by atoms with Crippen LogP contribution in [0.25, 0.3) is 28.5 Å². The molecule has 1 heterocycles. The van der Waals surface area contributed by atoms with E-state index in [-0.39, 0.29) is 0 Å². The Kier molecular flexibility index (Phi) is 9.20. The summed E-state index contributed by atoms with van der Waals surface area (Å²) in [6.45, 7) is 0. The third-order valence-corrected chi connectivity index (χ3v) is 8.98. The number of para-hydroxylation sites is 1. The first-order valence-corrected chi connectivity index (χ1v) is 16.4. The monoisotopic (exact) mass is 617 g/mol. The van der Waals surface area contributed by atoms with Gasteiger partial charge in [0.15, 0.2) is 0 Å². The molecule has 1 aromatic heterocycles. The summed E-state index contributed by atoms with van der Waals surface area (Å²) in [5.74, 6) is 1.68. The van der Waals surface area contributed by atoms with E-state index >= 15 is 0 Å². The molecular weight excluding hydrogens is 581 g/mol. The Balaban J connectivity index is 0.000000152. The summed E-state index contributed by atoms with van der Waals surface area (Å²) in [4.78, 5) is 0. The third-order valence-electron chi connectivity index (χ3n) is 8.98. The van der Waals surface area contributed by atoms with Crippen LogP contribution < -0.4 is 26.4 Å². The lowest BCUT2D eigenvalue weighted by Crippen LogP contribution is -2.74. The normalized spacial score (nSPS) is 10.9. The zero-order valence-electron chi connectivity index (χ0n) is 26.7. The summed E-state index contributed by atoms with van der Waals surface area (Å²) in [6, 6.07) is 74.1. The summed E-state index contributed by atoms with van der Waals surface area (Å²) in [7, 11) is 0. The fraction of sp³-hybridized carbons (Fsp3) is 0. The Bertz CT molecular complexity index is 1910. The average molecular weight is 618 g/mol. The Hall–Kier alpha value is -6.19. The minimum absolute atomic E-state index is 0.829. The fourth-order valence-corrected chi connectivity index (χ4v) is 6.77. The van der Waals surface area contributed by atoms with E-state index in [0.29, 0.717) is 0 Å². The summed E-state index contributed by atoms with van der Waals surface area (Å²) in [5, 5.41) is 0. The average Bonchev–Trinajstić information content (AvgIpc) is 3.64. The van der Waals surface area contributed by atoms with Crippen molar-refractivity contribution in [2.75, 3.05) is 0 Å². The van der Waals surface area contributed by atoms with Crippen molar-refractivity contribution < 1.29 is 8.98 Å². The smallest absolute Gasteiger partial charge is 0.387 e. The van der Waals surface area contributed by atoms with Crippen molar-refractivity contribution in [1.29, 1.82) is 0 Å². The molecule has 2 nitrogen and oxygen atoms in total. The lowest BCUT2D eigenvalue weighted by molar-refractivity contribution is -0.586. The molecule has 0 atom stereocenters. The number of benzene rings is 7. The molecule has 8 aromatic rings. The zero-order valence-corrected chi connectivity index (χ0v) is 26.7. The number of oxazole rings is 1. The van der Waals surface area contributed by atoms with Crippen LogP contribution in [0, 0.1) is 0 Å². The van der Waals surface area contributed by atoms with Gasteiger partial charge >= 0.3 is 5.89 Å². The molecule has 3 heteroatoms. The zero-order chi connectivity index (χ0) is 32.4. The van der Waals surface area contributed by atoms with Crippen LogP contribution in [0.2, 0.25) is 0 Å². The first-order chi connectivity index (χ1) is 23.8. The molecule has 0 fully saturated rings. The maximum Gasteiger partial charge on any atom is 0.387 e. The van der Waals surface area contributed by atoms with Gasteiger partial charge in [-0.05, 0) is 12.1 Å². The number of aromatic nitrogens is 1. The lowest BCUT2D eigenvalue weighted by atomic mass is 9.13. The SMILES string of the molecule is c1ccc(-c2c[n+](-c3ccccc3)c(-c3ccccc3)o2)cc1.c1ccc([B-](c2ccccc2)(c2ccccc2)c2ccccc2)cc1. The molecule has 0 saturated carbocycles. The van der Waals surface area contributed by atoms with Gasteiger partial charge in [-0.25, -0.2) is 0 Å². The van der Waals surface area contributed by atoms with E-state index in [4.69, 9.17) is 4.42 Å². The van der Waals surface area contributed by atoms with E-state index in [2.05, 4.69) is 162 Å². The van der Waals surface area contributed by atoms with E-state index in [9.17, 15) is 0 Å². The molecule has 0 aliphatic heterocycles. The van der Waals surface area contributed by atoms with Crippen LogP contribution in [-0.4, -0.2) is 6.15 Å². The molecule has 0 bridgehead atoms. The standard InChI is InChI=1S/C24H20B.C21H16NO/c1-5-13-21(14-6-1)25(22-15-7-2-8-16-22,23-17-9-3-10-18-23)24-19-11-4-12-20-24;1-4-10-17(11-5-1)20-16-22(19-14-8-3-9-15-19)21(23-20)18-12-6-2-7-13-18/h1-20H;1-16H/q-1;+1. The number of nitrogens with zero attached hydrogens (tertiary/aromatic N) is 1. The van der Waals surface area contributed by atoms with Crippen LogP contribution in [-0.2, 0) is 0 Å². The maximum atomic E-state index is 6.20. The van der Waals surface area contributed by atoms with Gasteiger partial charge in [-0.3, -0.25) is 0 Å². The van der Waals surface area contributed by atoms with Crippen LogP contribution in [0.5, 0.6) is 0 Å². The molecular formula is C45H36BNO. The van der Waals surface area contributed by atoms with Gasteiger partial charge in [-0.15, -0.1) is 4.57 Å². The molecule has 0 unspecified atom stereocenters. The van der Waals surface area contributed by atoms with Crippen molar-refractivity contribution in [3.63, 3.8) is 0 Å². The first kappa shape index (κ1) is 30.5. The van der Waals surface area contributed by atoms with Crippen molar-refractivity contribution in [2.24, 2.45) is 0 Å². The van der Waals surface area contributed by atoms with Gasteiger partial charge in [-0.2, -0.15) is 21.9 Å². The van der Waals surface area contributed by atoms with Crippen LogP contribution in [0.3, 0.4) is 0 Å². The van der Waals surface area contributed by atoms with Crippen LogP contribution in [0.15, 0.2) is 223 Å². The van der Waals surface area contributed by atoms with E-state index in [1.807, 2.05) is 60.8 Å². The second kappa shape index (κ2) is 14.5. The maximum absolute atomic E-state index is 6.20. The van der Waals surface area contributed by atoms with E-state index in [1.54, 1.807) is 0 Å². The molecule has 0 spiro atoms. The second-order valence-electron chi connectivity index (χ2n) is 11.8. The summed E-state index contributed by atoms with van der Waals surface area (Å²) in [5.41, 5.74) is 8.56. The lowest BCUT2D eigenvalue weighted by Gasteiger charge is -2.44. The van der Waals surface area contributed by atoms with Gasteiger partial charge in [0.25, 0.3) is 0 Å². The van der Waals surface area contributed by atoms with Crippen LogP contribution in [0.1, 0.15) is 0 Å². The highest BCUT2D eigenvalue weighted by molar-refractivity contribution is 7.19. The van der Waals surface area contributed by atoms with Crippen LogP contribution in [0.4, 0.5) is 0 Å². The highest BCUT2D eigenvalue weighted by Crippen LogP contribution is 2.26. The van der Waals surface area contributed by atoms with E-state index < -0.39 is 6.15 Å². The van der Waals surface area contributed by atoms with Crippen molar-refractivity contribution >= 4 is 28.0 Å². The van der Waals surface area contributed by atoms with E-state index in [0.717, 1.165) is 28.5 Å². The molecule has 48 heavy (non-hydrogen) atoms. The van der Waals surface area contributed by atoms with Gasteiger partial charge in [0.05, 0.1) is 5.56 Å². The third kappa shape index (κ3) is 6.27. The molecule has 0 aliphatic carbocycles. The summed E-state index contributed by atoms with van der Waals surface area (Å²) >= 11 is 0. The molecule has 0 N–H and O–H groups in total. The second-order valence-corrected chi connectivity index (χ2v) is 11.8. The molecule has 230 valence electrons. The van der Waals surface area contributed by atoms with Crippen molar-refractivity contribution in [1.82, 2.24) is 0 Å². The minimum Gasteiger partial charge on any atom is -0.397 e. The Labute approximate surface area is 283 Å². The van der Waals surface area contributed by atoms with Gasteiger partial charge in [-0.1, -0.05) is 188 Å². The minimum atomic E-state index is -1.22. The quantitative estimate of drug-likeness (QED) is 0.131. The molecule has 0 aliphatic rings. The molecule has 7 aromatic carbocycles. The molecule has 0 saturated heterocycles. The summed E-state index contributed by atoms with van der Waals surface area (Å²) < 4.78 is 8.30. The predicted molar refractivity (Wildman–Crippen MR) is 201 cm³/mol. The fourth-order valence-electron chi connectivity index (χ4n) is 6.77. The van der Waals surface area contributed by atoms with Gasteiger partial charge in [0.1, 0.15) is 6.15 Å².